The first-order valence-electron chi connectivity index (χ1n) is 22.3. The van der Waals surface area contributed by atoms with Crippen molar-refractivity contribution >= 4 is 25.6 Å². The van der Waals surface area contributed by atoms with Crippen molar-refractivity contribution in [2.24, 2.45) is 17.6 Å². The molecule has 3 N–H and O–H groups in total. The lowest BCUT2D eigenvalue weighted by molar-refractivity contribution is -0.139. The Morgan fingerprint density at radius 1 is 0.877 bits per heavy atom. The molecule has 0 radical (unpaired) electrons. The van der Waals surface area contributed by atoms with Gasteiger partial charge in [0.15, 0.2) is 19.7 Å². The fraction of sp³-hybridized carbons (Fsp3) is 0.392. The van der Waals surface area contributed by atoms with Gasteiger partial charge in [-0.2, -0.15) is 13.2 Å². The van der Waals surface area contributed by atoms with Crippen LogP contribution in [0.1, 0.15) is 107 Å². The number of carbonyl (C=O) groups is 2. The number of fused-ring (bicyclic) bond motifs is 4. The van der Waals surface area contributed by atoms with Gasteiger partial charge in [0, 0.05) is 24.1 Å². The first kappa shape index (κ1) is 44.6. The van der Waals surface area contributed by atoms with Gasteiger partial charge < -0.3 is 29.3 Å². The summed E-state index contributed by atoms with van der Waals surface area (Å²) < 4.78 is 73.4. The highest BCUT2D eigenvalue weighted by Crippen LogP contribution is 2.59. The molecule has 1 saturated heterocycles. The number of hydrogen-bond donors (Lipinski definition) is 2. The van der Waals surface area contributed by atoms with Crippen LogP contribution in [0.25, 0.3) is 5.76 Å². The van der Waals surface area contributed by atoms with Crippen LogP contribution in [-0.2, 0) is 41.6 Å². The average molecular weight is 906 g/mol. The molecule has 0 amide bonds. The Kier molecular flexibility index (Phi) is 11.5. The molecule has 4 aromatic carbocycles. The van der Waals surface area contributed by atoms with E-state index in [0.717, 1.165) is 16.7 Å². The summed E-state index contributed by atoms with van der Waals surface area (Å²) in [6, 6.07) is 27.7. The third-order valence-corrected chi connectivity index (χ3v) is 18.8. The molecule has 2 fully saturated rings. The summed E-state index contributed by atoms with van der Waals surface area (Å²) in [6.07, 6.45) is -4.04. The second-order valence-corrected chi connectivity index (χ2v) is 24.1. The first-order valence-corrected chi connectivity index (χ1v) is 25.2. The maximum Gasteiger partial charge on any atom is 0.417 e. The maximum atomic E-state index is 16.0. The van der Waals surface area contributed by atoms with Crippen molar-refractivity contribution in [2.45, 2.75) is 108 Å². The number of aliphatic hydroxyl groups is 1. The highest BCUT2D eigenvalue weighted by Gasteiger charge is 2.68. The number of benzene rings is 4. The monoisotopic (exact) mass is 905 g/mol. The number of nitrogens with zero attached hydrogens (tertiary/aromatic N) is 2. The molecular formula is C51H54F3N3O7Si. The summed E-state index contributed by atoms with van der Waals surface area (Å²) >= 11 is 0. The molecule has 1 unspecified atom stereocenters. The number of ketones is 2. The number of hydrogen-bond acceptors (Lipinski definition) is 10. The molecule has 5 aromatic rings. The zero-order chi connectivity index (χ0) is 46.1. The Hall–Kier alpha value is -5.54. The molecule has 0 spiro atoms. The van der Waals surface area contributed by atoms with E-state index < -0.39 is 71.9 Å². The van der Waals surface area contributed by atoms with Gasteiger partial charge in [0.1, 0.15) is 30.3 Å². The van der Waals surface area contributed by atoms with Crippen LogP contribution in [0.2, 0.25) is 18.1 Å². The SMILES string of the molecule is CC(C)(C)[Si](C)(C)O[C@]12C(=O)C3=C(O)c4c(OCc5ccccc5)cc(C5CCCN5Cc5ccccc5)c(C(F)(F)F)c4C[C@H]3C[C@H]1[C@H](N)c1onc(OCc3ccccc3)c1C2=O. The number of carbonyl (C=O) groups excluding carboxylic acids is 2. The minimum atomic E-state index is -4.86. The lowest BCUT2D eigenvalue weighted by Gasteiger charge is -2.53. The number of ether oxygens (including phenoxy) is 2. The van der Waals surface area contributed by atoms with Gasteiger partial charge in [-0.15, -0.1) is 0 Å². The van der Waals surface area contributed by atoms with E-state index in [0.29, 0.717) is 25.9 Å². The van der Waals surface area contributed by atoms with E-state index in [2.05, 4.69) is 10.1 Å². The van der Waals surface area contributed by atoms with Crippen molar-refractivity contribution in [1.82, 2.24) is 10.1 Å². The Bertz CT molecular complexity index is 2650. The minimum Gasteiger partial charge on any atom is -0.507 e. The standard InChI is InChI=1S/C51H54F3N3O7Si/c1-49(2,3)65(4,5)64-50-36(43(55)45-41(47(50)60)48(56-63-45)62-29-32-20-13-8-14-21-32)25-33-24-35-40(44(58)39(33)46(50)59)38(61-28-31-18-11-7-12-19-31)26-34(42(35)51(52,53)54)37-22-15-23-57(37)27-30-16-9-6-10-17-30/h6-14,16-21,26,33,36-37,43,58H,15,22-25,27-29,55H2,1-5H3/t33-,36-,37?,43-,50-/m0/s1. The highest BCUT2D eigenvalue weighted by molar-refractivity contribution is 6.74. The summed E-state index contributed by atoms with van der Waals surface area (Å²) in [5.41, 5.74) is 5.83. The van der Waals surface area contributed by atoms with Crippen molar-refractivity contribution in [3.05, 3.63) is 153 Å². The predicted molar refractivity (Wildman–Crippen MR) is 240 cm³/mol. The minimum absolute atomic E-state index is 0.00721. The van der Waals surface area contributed by atoms with Gasteiger partial charge in [-0.05, 0) is 95.3 Å². The van der Waals surface area contributed by atoms with E-state index in [1.165, 1.54) is 6.07 Å². The quantitative estimate of drug-likeness (QED) is 0.0973. The zero-order valence-electron chi connectivity index (χ0n) is 37.2. The molecule has 65 heavy (non-hydrogen) atoms. The summed E-state index contributed by atoms with van der Waals surface area (Å²) in [7, 11) is -3.09. The molecule has 1 aliphatic heterocycles. The van der Waals surface area contributed by atoms with Crippen molar-refractivity contribution in [3.63, 3.8) is 0 Å². The molecule has 1 aromatic heterocycles. The molecular weight excluding hydrogens is 852 g/mol. The fourth-order valence-electron chi connectivity index (χ4n) is 10.2. The van der Waals surface area contributed by atoms with Gasteiger partial charge in [-0.1, -0.05) is 112 Å². The topological polar surface area (TPSA) is 137 Å². The largest absolute Gasteiger partial charge is 0.507 e. The lowest BCUT2D eigenvalue weighted by Crippen LogP contribution is -2.68. The van der Waals surface area contributed by atoms with Crippen LogP contribution in [0.5, 0.6) is 11.6 Å². The molecule has 4 aliphatic rings. The molecule has 5 atom stereocenters. The van der Waals surface area contributed by atoms with Crippen molar-refractivity contribution in [1.29, 1.82) is 0 Å². The third-order valence-electron chi connectivity index (χ3n) is 14.3. The predicted octanol–water partition coefficient (Wildman–Crippen LogP) is 10.9. The van der Waals surface area contributed by atoms with Gasteiger partial charge in [0.2, 0.25) is 11.6 Å². The number of halogens is 3. The zero-order valence-corrected chi connectivity index (χ0v) is 38.2. The molecule has 10 nitrogen and oxygen atoms in total. The van der Waals surface area contributed by atoms with E-state index in [-0.39, 0.29) is 71.3 Å². The molecule has 3 aliphatic carbocycles. The van der Waals surface area contributed by atoms with Gasteiger partial charge in [0.05, 0.1) is 17.2 Å². The van der Waals surface area contributed by atoms with Crippen LogP contribution in [0.3, 0.4) is 0 Å². The van der Waals surface area contributed by atoms with Gasteiger partial charge in [-0.25, -0.2) is 0 Å². The van der Waals surface area contributed by atoms with E-state index in [9.17, 15) is 5.11 Å². The Labute approximate surface area is 377 Å². The fourth-order valence-corrected chi connectivity index (χ4v) is 11.6. The molecule has 0 bridgehead atoms. The van der Waals surface area contributed by atoms with Crippen LogP contribution < -0.4 is 15.2 Å². The number of aromatic nitrogens is 1. The number of aliphatic hydroxyl groups excluding tert-OH is 1. The summed E-state index contributed by atoms with van der Waals surface area (Å²) in [5, 5.41) is 16.3. The van der Waals surface area contributed by atoms with E-state index in [1.54, 1.807) is 0 Å². The van der Waals surface area contributed by atoms with Crippen LogP contribution in [0.15, 0.2) is 107 Å². The van der Waals surface area contributed by atoms with E-state index in [1.807, 2.05) is 125 Å². The number of nitrogens with two attached hydrogens (primary N) is 1. The molecule has 2 heterocycles. The van der Waals surface area contributed by atoms with Crippen LogP contribution in [0.4, 0.5) is 13.2 Å². The smallest absolute Gasteiger partial charge is 0.417 e. The molecule has 9 rings (SSSR count). The first-order chi connectivity index (χ1) is 30.9. The van der Waals surface area contributed by atoms with Gasteiger partial charge >= 0.3 is 6.18 Å². The highest BCUT2D eigenvalue weighted by atomic mass is 28.4. The second-order valence-electron chi connectivity index (χ2n) is 19.4. The Morgan fingerprint density at radius 2 is 1.48 bits per heavy atom. The molecule has 340 valence electrons. The van der Waals surface area contributed by atoms with E-state index >= 15 is 22.8 Å². The van der Waals surface area contributed by atoms with Crippen molar-refractivity contribution in [2.75, 3.05) is 6.54 Å². The lowest BCUT2D eigenvalue weighted by atomic mass is 9.57. The van der Waals surface area contributed by atoms with Crippen molar-refractivity contribution < 1.29 is 46.3 Å². The van der Waals surface area contributed by atoms with Crippen molar-refractivity contribution in [3.8, 4) is 11.6 Å². The summed E-state index contributed by atoms with van der Waals surface area (Å²) in [5.74, 6) is -4.48. The van der Waals surface area contributed by atoms with Crippen LogP contribution in [0, 0.1) is 11.8 Å². The van der Waals surface area contributed by atoms with Gasteiger partial charge in [-0.3, -0.25) is 14.5 Å². The average Bonchev–Trinajstić information content (AvgIpc) is 3.92. The number of alkyl halides is 3. The summed E-state index contributed by atoms with van der Waals surface area (Å²) in [4.78, 5) is 33.4. The van der Waals surface area contributed by atoms with Gasteiger partial charge in [0.25, 0.3) is 5.88 Å². The van der Waals surface area contributed by atoms with Crippen LogP contribution in [-0.4, -0.2) is 47.2 Å². The maximum absolute atomic E-state index is 16.0. The number of likely N-dealkylation sites (tertiary alicyclic amines) is 1. The number of Topliss-reactive ketones (excluding diaryl/α,β-unsaturated/α-hetero) is 2. The van der Waals surface area contributed by atoms with Crippen LogP contribution >= 0.6 is 0 Å². The Balaban J connectivity index is 1.22. The normalized spacial score (nSPS) is 23.5. The molecule has 14 heteroatoms. The molecule has 1 saturated carbocycles. The van der Waals surface area contributed by atoms with E-state index in [4.69, 9.17) is 24.2 Å². The summed E-state index contributed by atoms with van der Waals surface area (Å²) in [6.45, 7) is 10.8. The number of rotatable bonds is 11. The second kappa shape index (κ2) is 16.7. The third kappa shape index (κ3) is 7.81. The Morgan fingerprint density at radius 3 is 2.08 bits per heavy atom.